The van der Waals surface area contributed by atoms with Gasteiger partial charge in [0.2, 0.25) is 0 Å². The van der Waals surface area contributed by atoms with Gasteiger partial charge in [-0.15, -0.1) is 0 Å². The number of methoxy groups -OCH3 is 1. The smallest absolute Gasteiger partial charge is 0.408 e. The monoisotopic (exact) mass is 273 g/mol. The molecule has 0 aromatic heterocycles. The average Bonchev–Trinajstić information content (AvgIpc) is 2.28. The molecule has 19 heavy (non-hydrogen) atoms. The first-order valence-electron chi connectivity index (χ1n) is 5.94. The highest BCUT2D eigenvalue weighted by molar-refractivity contribution is 5.92. The maximum atomic E-state index is 11.8. The first kappa shape index (κ1) is 15.4. The minimum atomic E-state index is -0.894. The summed E-state index contributed by atoms with van der Waals surface area (Å²) in [6, 6.07) is -0.796. The zero-order chi connectivity index (χ0) is 14.6. The van der Waals surface area contributed by atoms with Gasteiger partial charge in [-0.3, -0.25) is 4.79 Å². The van der Waals surface area contributed by atoms with Crippen molar-refractivity contribution in [3.8, 4) is 0 Å². The van der Waals surface area contributed by atoms with Crippen molar-refractivity contribution in [2.24, 2.45) is 0 Å². The van der Waals surface area contributed by atoms with E-state index >= 15 is 0 Å². The van der Waals surface area contributed by atoms with E-state index < -0.39 is 29.8 Å². The molecule has 7 heteroatoms. The van der Waals surface area contributed by atoms with Gasteiger partial charge in [0.15, 0.2) is 11.9 Å². The standard InChI is InChI=1S/C12H19NO6/c1-12(2,3)19-11(16)13-7-6-18-9(5-8(7)14)10(15)17-4/h7,9H,5-6H2,1-4H3,(H,13,16)/t7-,9-/m0/s1. The van der Waals surface area contributed by atoms with Crippen LogP contribution in [0.15, 0.2) is 0 Å². The van der Waals surface area contributed by atoms with E-state index in [-0.39, 0.29) is 18.8 Å². The molecule has 1 amide bonds. The SMILES string of the molecule is COC(=O)[C@@H]1CC(=O)[C@@H](NC(=O)OC(C)(C)C)CO1. The van der Waals surface area contributed by atoms with Crippen LogP contribution in [0.2, 0.25) is 0 Å². The molecule has 1 aliphatic rings. The number of ether oxygens (including phenoxy) is 3. The second-order valence-corrected chi connectivity index (χ2v) is 5.21. The molecule has 1 fully saturated rings. The molecule has 1 heterocycles. The lowest BCUT2D eigenvalue weighted by molar-refractivity contribution is -0.161. The summed E-state index contributed by atoms with van der Waals surface area (Å²) in [6.45, 7) is 5.09. The molecule has 0 aliphatic carbocycles. The lowest BCUT2D eigenvalue weighted by Crippen LogP contribution is -2.51. The largest absolute Gasteiger partial charge is 0.467 e. The highest BCUT2D eigenvalue weighted by Crippen LogP contribution is 2.13. The maximum Gasteiger partial charge on any atom is 0.408 e. The van der Waals surface area contributed by atoms with E-state index in [2.05, 4.69) is 10.1 Å². The van der Waals surface area contributed by atoms with Gasteiger partial charge in [0.05, 0.1) is 13.7 Å². The van der Waals surface area contributed by atoms with E-state index in [1.54, 1.807) is 20.8 Å². The second-order valence-electron chi connectivity index (χ2n) is 5.21. The van der Waals surface area contributed by atoms with Crippen LogP contribution in [0, 0.1) is 0 Å². The molecule has 1 N–H and O–H groups in total. The Bertz CT molecular complexity index is 373. The van der Waals surface area contributed by atoms with E-state index in [0.29, 0.717) is 0 Å². The predicted octanol–water partition coefficient (Wildman–Crippen LogP) is 0.411. The van der Waals surface area contributed by atoms with E-state index in [9.17, 15) is 14.4 Å². The van der Waals surface area contributed by atoms with Crippen LogP contribution in [-0.2, 0) is 23.8 Å². The number of nitrogens with one attached hydrogen (secondary N) is 1. The summed E-state index contributed by atoms with van der Waals surface area (Å²) >= 11 is 0. The Balaban J connectivity index is 2.48. The molecule has 2 atom stereocenters. The highest BCUT2D eigenvalue weighted by atomic mass is 16.6. The zero-order valence-electron chi connectivity index (χ0n) is 11.5. The Labute approximate surface area is 111 Å². The van der Waals surface area contributed by atoms with Gasteiger partial charge >= 0.3 is 12.1 Å². The lowest BCUT2D eigenvalue weighted by atomic mass is 10.0. The molecule has 108 valence electrons. The van der Waals surface area contributed by atoms with Crippen molar-refractivity contribution in [2.45, 2.75) is 44.9 Å². The number of carbonyl (C=O) groups excluding carboxylic acids is 3. The molecular formula is C12H19NO6. The van der Waals surface area contributed by atoms with Gasteiger partial charge in [0.25, 0.3) is 0 Å². The molecule has 0 unspecified atom stereocenters. The number of Topliss-reactive ketones (excluding diaryl/α,β-unsaturated/α-hetero) is 1. The van der Waals surface area contributed by atoms with E-state index in [4.69, 9.17) is 9.47 Å². The predicted molar refractivity (Wildman–Crippen MR) is 64.5 cm³/mol. The third kappa shape index (κ3) is 4.86. The summed E-state index contributed by atoms with van der Waals surface area (Å²) < 4.78 is 14.7. The fourth-order valence-electron chi connectivity index (χ4n) is 1.54. The zero-order valence-corrected chi connectivity index (χ0v) is 11.5. The van der Waals surface area contributed by atoms with Gasteiger partial charge in [-0.1, -0.05) is 0 Å². The first-order chi connectivity index (χ1) is 8.73. The van der Waals surface area contributed by atoms with E-state index in [1.165, 1.54) is 7.11 Å². The van der Waals surface area contributed by atoms with Crippen LogP contribution in [0.3, 0.4) is 0 Å². The third-order valence-electron chi connectivity index (χ3n) is 2.39. The first-order valence-corrected chi connectivity index (χ1v) is 5.94. The number of rotatable bonds is 2. The molecule has 1 aliphatic heterocycles. The summed E-state index contributed by atoms with van der Waals surface area (Å²) in [7, 11) is 1.22. The summed E-state index contributed by atoms with van der Waals surface area (Å²) in [5.74, 6) is -0.878. The molecule has 0 aromatic rings. The van der Waals surface area contributed by atoms with Gasteiger partial charge < -0.3 is 19.5 Å². The van der Waals surface area contributed by atoms with Crippen molar-refractivity contribution in [3.05, 3.63) is 0 Å². The van der Waals surface area contributed by atoms with Gasteiger partial charge in [-0.05, 0) is 20.8 Å². The van der Waals surface area contributed by atoms with Crippen molar-refractivity contribution in [1.29, 1.82) is 0 Å². The number of hydrogen-bond donors (Lipinski definition) is 1. The molecule has 0 saturated carbocycles. The van der Waals surface area contributed by atoms with Crippen LogP contribution in [0.1, 0.15) is 27.2 Å². The Kier molecular flexibility index (Phi) is 4.88. The Morgan fingerprint density at radius 1 is 1.37 bits per heavy atom. The van der Waals surface area contributed by atoms with Crippen LogP contribution >= 0.6 is 0 Å². The molecule has 1 saturated heterocycles. The summed E-state index contributed by atoms with van der Waals surface area (Å²) in [5, 5.41) is 2.41. The number of esters is 1. The van der Waals surface area contributed by atoms with E-state index in [1.807, 2.05) is 0 Å². The fourth-order valence-corrected chi connectivity index (χ4v) is 1.54. The maximum absolute atomic E-state index is 11.8. The Morgan fingerprint density at radius 2 is 2.00 bits per heavy atom. The topological polar surface area (TPSA) is 90.9 Å². The molecular weight excluding hydrogens is 254 g/mol. The molecule has 0 spiro atoms. The third-order valence-corrected chi connectivity index (χ3v) is 2.39. The summed E-state index contributed by atoms with van der Waals surface area (Å²) in [4.78, 5) is 34.5. The Morgan fingerprint density at radius 3 is 2.47 bits per heavy atom. The lowest BCUT2D eigenvalue weighted by Gasteiger charge is -2.28. The number of hydrogen-bond acceptors (Lipinski definition) is 6. The fraction of sp³-hybridized carbons (Fsp3) is 0.750. The normalized spacial score (nSPS) is 23.7. The number of ketones is 1. The number of amides is 1. The minimum absolute atomic E-state index is 0.0716. The quantitative estimate of drug-likeness (QED) is 0.733. The van der Waals surface area contributed by atoms with Crippen molar-refractivity contribution in [2.75, 3.05) is 13.7 Å². The van der Waals surface area contributed by atoms with Crippen molar-refractivity contribution < 1.29 is 28.6 Å². The summed E-state index contributed by atoms with van der Waals surface area (Å²) in [6.07, 6.45) is -1.70. The van der Waals surface area contributed by atoms with Gasteiger partial charge in [-0.2, -0.15) is 0 Å². The Hall–Kier alpha value is -1.63. The van der Waals surface area contributed by atoms with Crippen LogP contribution in [0.25, 0.3) is 0 Å². The number of carbonyl (C=O) groups is 3. The second kappa shape index (κ2) is 6.01. The van der Waals surface area contributed by atoms with E-state index in [0.717, 1.165) is 0 Å². The van der Waals surface area contributed by atoms with Crippen LogP contribution < -0.4 is 5.32 Å². The van der Waals surface area contributed by atoms with Crippen LogP contribution in [-0.4, -0.2) is 49.3 Å². The molecule has 1 rings (SSSR count). The van der Waals surface area contributed by atoms with Gasteiger partial charge in [0.1, 0.15) is 11.6 Å². The number of alkyl carbamates (subject to hydrolysis) is 1. The minimum Gasteiger partial charge on any atom is -0.467 e. The van der Waals surface area contributed by atoms with Gasteiger partial charge in [-0.25, -0.2) is 9.59 Å². The molecule has 0 radical (unpaired) electrons. The molecule has 7 nitrogen and oxygen atoms in total. The van der Waals surface area contributed by atoms with Crippen molar-refractivity contribution in [1.82, 2.24) is 5.32 Å². The van der Waals surface area contributed by atoms with Gasteiger partial charge in [0, 0.05) is 6.42 Å². The van der Waals surface area contributed by atoms with Crippen molar-refractivity contribution in [3.63, 3.8) is 0 Å². The van der Waals surface area contributed by atoms with Crippen molar-refractivity contribution >= 4 is 17.8 Å². The molecule has 0 bridgehead atoms. The van der Waals surface area contributed by atoms with Crippen LogP contribution in [0.4, 0.5) is 4.79 Å². The molecule has 0 aromatic carbocycles. The summed E-state index contributed by atoms with van der Waals surface area (Å²) in [5.41, 5.74) is -0.642. The van der Waals surface area contributed by atoms with Crippen LogP contribution in [0.5, 0.6) is 0 Å². The highest BCUT2D eigenvalue weighted by Gasteiger charge is 2.35. The average molecular weight is 273 g/mol.